The van der Waals surface area contributed by atoms with Crippen molar-refractivity contribution >= 4 is 29.2 Å². The quantitative estimate of drug-likeness (QED) is 0.584. The molecule has 2 saturated heterocycles. The molecule has 0 radical (unpaired) electrons. The van der Waals surface area contributed by atoms with Gasteiger partial charge >= 0.3 is 5.97 Å². The van der Waals surface area contributed by atoms with Gasteiger partial charge in [0, 0.05) is 37.6 Å². The van der Waals surface area contributed by atoms with Crippen LogP contribution in [0.1, 0.15) is 36.5 Å². The second-order valence-electron chi connectivity index (χ2n) is 7.05. The number of carboxylic acids is 1. The van der Waals surface area contributed by atoms with Gasteiger partial charge in [-0.2, -0.15) is 0 Å². The van der Waals surface area contributed by atoms with Crippen LogP contribution in [0, 0.1) is 10.1 Å². The summed E-state index contributed by atoms with van der Waals surface area (Å²) in [5, 5.41) is 20.7. The lowest BCUT2D eigenvalue weighted by Crippen LogP contribution is -2.58. The van der Waals surface area contributed by atoms with Crippen molar-refractivity contribution in [3.63, 3.8) is 0 Å². The smallest absolute Gasteiger partial charge is 0.328 e. The van der Waals surface area contributed by atoms with Crippen molar-refractivity contribution in [2.24, 2.45) is 0 Å². The number of carboxylic acid groups (broad SMARTS) is 1. The third-order valence-corrected chi connectivity index (χ3v) is 5.65. The average molecular weight is 412 g/mol. The fraction of sp³-hybridized carbons (Fsp3) is 0.556. The van der Waals surface area contributed by atoms with E-state index in [0.29, 0.717) is 25.9 Å². The Balaban J connectivity index is 1.93. The molecule has 1 unspecified atom stereocenters. The third-order valence-electron chi connectivity index (χ3n) is 5.33. The number of piperidine rings is 1. The number of amides is 1. The summed E-state index contributed by atoms with van der Waals surface area (Å²) in [5.41, 5.74) is -1.40. The van der Waals surface area contributed by atoms with Crippen LogP contribution in [0.3, 0.4) is 0 Å². The van der Waals surface area contributed by atoms with Crippen molar-refractivity contribution in [3.8, 4) is 0 Å². The molecule has 0 aliphatic carbocycles. The van der Waals surface area contributed by atoms with E-state index in [2.05, 4.69) is 11.8 Å². The van der Waals surface area contributed by atoms with E-state index in [-0.39, 0.29) is 17.2 Å². The Morgan fingerprint density at radius 3 is 2.64 bits per heavy atom. The molecule has 2 aliphatic rings. The third kappa shape index (κ3) is 3.69. The standard InChI is InChI=1S/C18H22ClN3O6/c1-2-7-20-8-5-18(6-9-20)21(15(11-28-18)17(24)25)16(23)12-3-4-13(19)14(10-12)22(26)27/h3-4,10,15H,2,5-9,11H2,1H3,(H,24,25). The highest BCUT2D eigenvalue weighted by Gasteiger charge is 2.54. The molecule has 152 valence electrons. The molecule has 0 aromatic heterocycles. The second kappa shape index (κ2) is 8.02. The Labute approximate surface area is 167 Å². The number of nitrogens with zero attached hydrogens (tertiary/aromatic N) is 3. The van der Waals surface area contributed by atoms with Crippen LogP contribution >= 0.6 is 11.6 Å². The van der Waals surface area contributed by atoms with Gasteiger partial charge in [-0.25, -0.2) is 4.79 Å². The topological polar surface area (TPSA) is 113 Å². The highest BCUT2D eigenvalue weighted by molar-refractivity contribution is 6.32. The molecule has 10 heteroatoms. The summed E-state index contributed by atoms with van der Waals surface area (Å²) in [6.45, 7) is 4.27. The van der Waals surface area contributed by atoms with Gasteiger partial charge in [0.05, 0.1) is 11.5 Å². The molecule has 9 nitrogen and oxygen atoms in total. The van der Waals surface area contributed by atoms with Crippen LogP contribution in [0.15, 0.2) is 18.2 Å². The molecule has 2 aliphatic heterocycles. The van der Waals surface area contributed by atoms with Crippen LogP contribution in [0.5, 0.6) is 0 Å². The fourth-order valence-electron chi connectivity index (χ4n) is 3.92. The SMILES string of the molecule is CCCN1CCC2(CC1)OCC(C(=O)O)N2C(=O)c1ccc(Cl)c([N+](=O)[O-])c1. The van der Waals surface area contributed by atoms with Crippen molar-refractivity contribution in [1.29, 1.82) is 0 Å². The Hall–Kier alpha value is -2.23. The van der Waals surface area contributed by atoms with Crippen molar-refractivity contribution in [2.45, 2.75) is 38.0 Å². The first-order valence-corrected chi connectivity index (χ1v) is 9.53. The highest BCUT2D eigenvalue weighted by atomic mass is 35.5. The molecule has 0 saturated carbocycles. The molecule has 1 aromatic rings. The van der Waals surface area contributed by atoms with Crippen LogP contribution in [0.25, 0.3) is 0 Å². The van der Waals surface area contributed by atoms with E-state index in [0.717, 1.165) is 19.0 Å². The molecule has 28 heavy (non-hydrogen) atoms. The molecule has 1 atom stereocenters. The number of nitro groups is 1. The van der Waals surface area contributed by atoms with Crippen molar-refractivity contribution < 1.29 is 24.4 Å². The van der Waals surface area contributed by atoms with E-state index in [4.69, 9.17) is 16.3 Å². The van der Waals surface area contributed by atoms with Crippen molar-refractivity contribution in [3.05, 3.63) is 38.9 Å². The summed E-state index contributed by atoms with van der Waals surface area (Å²) in [7, 11) is 0. The number of carbonyl (C=O) groups is 2. The minimum absolute atomic E-state index is 0.0169. The zero-order valence-corrected chi connectivity index (χ0v) is 16.2. The first-order chi connectivity index (χ1) is 13.3. The van der Waals surface area contributed by atoms with Gasteiger partial charge in [0.2, 0.25) is 0 Å². The lowest BCUT2D eigenvalue weighted by molar-refractivity contribution is -0.384. The van der Waals surface area contributed by atoms with Gasteiger partial charge < -0.3 is 14.7 Å². The van der Waals surface area contributed by atoms with E-state index < -0.39 is 34.3 Å². The molecule has 1 spiro atoms. The number of benzene rings is 1. The number of halogens is 1. The largest absolute Gasteiger partial charge is 0.480 e. The number of rotatable bonds is 5. The zero-order valence-electron chi connectivity index (χ0n) is 15.5. The van der Waals surface area contributed by atoms with E-state index >= 15 is 0 Å². The van der Waals surface area contributed by atoms with Gasteiger partial charge in [0.1, 0.15) is 10.7 Å². The molecule has 2 heterocycles. The second-order valence-corrected chi connectivity index (χ2v) is 7.46. The average Bonchev–Trinajstić information content (AvgIpc) is 3.02. The molecule has 1 N–H and O–H groups in total. The summed E-state index contributed by atoms with van der Waals surface area (Å²) in [6, 6.07) is 2.59. The van der Waals surface area contributed by atoms with Crippen LogP contribution < -0.4 is 0 Å². The maximum atomic E-state index is 13.2. The van der Waals surface area contributed by atoms with Crippen LogP contribution in [-0.2, 0) is 9.53 Å². The molecule has 2 fully saturated rings. The van der Waals surface area contributed by atoms with E-state index in [9.17, 15) is 24.8 Å². The molecule has 1 amide bonds. The molecular weight excluding hydrogens is 390 g/mol. The van der Waals surface area contributed by atoms with Gasteiger partial charge in [0.15, 0.2) is 6.04 Å². The lowest BCUT2D eigenvalue weighted by Gasteiger charge is -2.44. The molecular formula is C18H22ClN3O6. The number of nitro benzene ring substituents is 1. The number of aliphatic carboxylic acids is 1. The van der Waals surface area contributed by atoms with Gasteiger partial charge in [0.25, 0.3) is 11.6 Å². The summed E-state index contributed by atoms with van der Waals surface area (Å²) in [4.78, 5) is 39.0. The number of ether oxygens (including phenoxy) is 1. The maximum Gasteiger partial charge on any atom is 0.328 e. The Morgan fingerprint density at radius 2 is 2.07 bits per heavy atom. The minimum atomic E-state index is -1.16. The fourth-order valence-corrected chi connectivity index (χ4v) is 4.11. The van der Waals surface area contributed by atoms with Crippen molar-refractivity contribution in [1.82, 2.24) is 9.80 Å². The maximum absolute atomic E-state index is 13.2. The number of carbonyl (C=O) groups excluding carboxylic acids is 1. The van der Waals surface area contributed by atoms with Crippen molar-refractivity contribution in [2.75, 3.05) is 26.2 Å². The first kappa shape index (κ1) is 20.5. The summed E-state index contributed by atoms with van der Waals surface area (Å²) >= 11 is 5.83. The molecule has 1 aromatic carbocycles. The van der Waals surface area contributed by atoms with Gasteiger partial charge in [-0.15, -0.1) is 0 Å². The Morgan fingerprint density at radius 1 is 1.39 bits per heavy atom. The predicted molar refractivity (Wildman–Crippen MR) is 100 cm³/mol. The molecule has 0 bridgehead atoms. The van der Waals surface area contributed by atoms with E-state index in [1.807, 2.05) is 0 Å². The number of likely N-dealkylation sites (tertiary alicyclic amines) is 1. The highest BCUT2D eigenvalue weighted by Crippen LogP contribution is 2.39. The lowest BCUT2D eigenvalue weighted by atomic mass is 9.96. The normalized spacial score (nSPS) is 21.8. The predicted octanol–water partition coefficient (Wildman–Crippen LogP) is 2.38. The van der Waals surface area contributed by atoms with Gasteiger partial charge in [-0.05, 0) is 25.1 Å². The Kier molecular flexibility index (Phi) is 5.87. The number of hydrogen-bond donors (Lipinski definition) is 1. The van der Waals surface area contributed by atoms with Gasteiger partial charge in [-0.1, -0.05) is 18.5 Å². The van der Waals surface area contributed by atoms with E-state index in [1.165, 1.54) is 17.0 Å². The zero-order chi connectivity index (χ0) is 20.5. The Bertz CT molecular complexity index is 794. The van der Waals surface area contributed by atoms with E-state index in [1.54, 1.807) is 0 Å². The van der Waals surface area contributed by atoms with Crippen LogP contribution in [0.2, 0.25) is 5.02 Å². The summed E-state index contributed by atoms with van der Waals surface area (Å²) in [6.07, 6.45) is 1.97. The summed E-state index contributed by atoms with van der Waals surface area (Å²) in [5.74, 6) is -1.77. The minimum Gasteiger partial charge on any atom is -0.480 e. The first-order valence-electron chi connectivity index (χ1n) is 9.16. The molecule has 3 rings (SSSR count). The van der Waals surface area contributed by atoms with Crippen LogP contribution in [0.4, 0.5) is 5.69 Å². The van der Waals surface area contributed by atoms with Crippen LogP contribution in [-0.4, -0.2) is 69.7 Å². The monoisotopic (exact) mass is 411 g/mol. The summed E-state index contributed by atoms with van der Waals surface area (Å²) < 4.78 is 5.88. The number of hydrogen-bond acceptors (Lipinski definition) is 6. The van der Waals surface area contributed by atoms with Gasteiger partial charge in [-0.3, -0.25) is 19.8 Å².